The van der Waals surface area contributed by atoms with Gasteiger partial charge in [0.2, 0.25) is 0 Å². The quantitative estimate of drug-likeness (QED) is 0.493. The van der Waals surface area contributed by atoms with E-state index in [-0.39, 0.29) is 18.2 Å². The van der Waals surface area contributed by atoms with Crippen LogP contribution in [0.25, 0.3) is 22.9 Å². The summed E-state index contributed by atoms with van der Waals surface area (Å²) in [4.78, 5) is 23.2. The fourth-order valence-electron chi connectivity index (χ4n) is 4.00. The normalized spacial score (nSPS) is 19.3. The lowest BCUT2D eigenvalue weighted by Gasteiger charge is -2.24. The lowest BCUT2D eigenvalue weighted by molar-refractivity contribution is -0.156. The summed E-state index contributed by atoms with van der Waals surface area (Å²) in [6.45, 7) is 4.08. The van der Waals surface area contributed by atoms with Gasteiger partial charge in [-0.05, 0) is 54.0 Å². The molecule has 1 fully saturated rings. The van der Waals surface area contributed by atoms with E-state index in [0.717, 1.165) is 22.9 Å². The molecule has 3 aromatic rings. The fourth-order valence-corrected chi connectivity index (χ4v) is 4.00. The van der Waals surface area contributed by atoms with E-state index in [2.05, 4.69) is 0 Å². The Bertz CT molecular complexity index is 1160. The lowest BCUT2D eigenvalue weighted by Crippen LogP contribution is -2.31. The highest BCUT2D eigenvalue weighted by atomic mass is 19.1. The van der Waals surface area contributed by atoms with Gasteiger partial charge in [-0.25, -0.2) is 8.91 Å². The van der Waals surface area contributed by atoms with Gasteiger partial charge in [-0.1, -0.05) is 19.9 Å². The number of fused-ring (bicyclic) bond motifs is 1. The number of carbonyl (C=O) groups excluding carboxylic acids is 2. The zero-order valence-electron chi connectivity index (χ0n) is 17.3. The minimum atomic E-state index is -0.738. The van der Waals surface area contributed by atoms with Crippen LogP contribution in [0.5, 0.6) is 0 Å². The van der Waals surface area contributed by atoms with Crippen LogP contribution in [-0.4, -0.2) is 39.2 Å². The molecule has 160 valence electrons. The Labute approximate surface area is 179 Å². The van der Waals surface area contributed by atoms with Crippen molar-refractivity contribution in [2.24, 2.45) is 0 Å². The smallest absolute Gasteiger partial charge is 0.309 e. The average Bonchev–Trinajstić information content (AvgIpc) is 3.13. The SMILES string of the molecule is CC(C)c1c(C=CC2CC(O)CC(=O)O2)c(-c2ccc(F)cc2)nn2c(C=O)ccc12. The molecule has 0 amide bonds. The molecule has 0 aliphatic carbocycles. The Morgan fingerprint density at radius 1 is 1.23 bits per heavy atom. The van der Waals surface area contributed by atoms with E-state index in [1.165, 1.54) is 12.1 Å². The summed E-state index contributed by atoms with van der Waals surface area (Å²) in [5.74, 6) is -0.714. The molecule has 1 saturated heterocycles. The number of aromatic nitrogens is 2. The van der Waals surface area contributed by atoms with E-state index in [0.29, 0.717) is 23.4 Å². The Balaban J connectivity index is 1.92. The molecule has 2 atom stereocenters. The second-order valence-electron chi connectivity index (χ2n) is 7.99. The number of benzene rings is 1. The highest BCUT2D eigenvalue weighted by Crippen LogP contribution is 2.34. The van der Waals surface area contributed by atoms with E-state index >= 15 is 0 Å². The predicted molar refractivity (Wildman–Crippen MR) is 114 cm³/mol. The van der Waals surface area contributed by atoms with Crippen molar-refractivity contribution < 1.29 is 23.8 Å². The molecular formula is C24H23FN2O4. The monoisotopic (exact) mass is 422 g/mol. The first-order valence-corrected chi connectivity index (χ1v) is 10.2. The number of hydrogen-bond donors (Lipinski definition) is 1. The van der Waals surface area contributed by atoms with Gasteiger partial charge in [0.15, 0.2) is 6.29 Å². The van der Waals surface area contributed by atoms with Crippen molar-refractivity contribution in [2.75, 3.05) is 0 Å². The van der Waals surface area contributed by atoms with Crippen LogP contribution in [0.15, 0.2) is 42.5 Å². The van der Waals surface area contributed by atoms with Gasteiger partial charge >= 0.3 is 5.97 Å². The number of aliphatic hydroxyl groups is 1. The second kappa shape index (κ2) is 8.43. The van der Waals surface area contributed by atoms with Gasteiger partial charge in [0, 0.05) is 17.5 Å². The number of nitrogens with zero attached hydrogens (tertiary/aromatic N) is 2. The van der Waals surface area contributed by atoms with Crippen LogP contribution in [0.4, 0.5) is 4.39 Å². The summed E-state index contributed by atoms with van der Waals surface area (Å²) in [5.41, 5.74) is 4.23. The number of rotatable bonds is 5. The summed E-state index contributed by atoms with van der Waals surface area (Å²) >= 11 is 0. The number of esters is 1. The largest absolute Gasteiger partial charge is 0.458 e. The molecule has 0 radical (unpaired) electrons. The Kier molecular flexibility index (Phi) is 5.69. The third-order valence-electron chi connectivity index (χ3n) is 5.39. The molecule has 4 rings (SSSR count). The van der Waals surface area contributed by atoms with Crippen molar-refractivity contribution >= 4 is 23.8 Å². The maximum atomic E-state index is 13.5. The maximum absolute atomic E-state index is 13.5. The van der Waals surface area contributed by atoms with E-state index in [1.54, 1.807) is 28.8 Å². The molecule has 1 N–H and O–H groups in total. The van der Waals surface area contributed by atoms with E-state index in [1.807, 2.05) is 26.0 Å². The molecule has 6 nitrogen and oxygen atoms in total. The molecule has 2 unspecified atom stereocenters. The van der Waals surface area contributed by atoms with Gasteiger partial charge in [0.25, 0.3) is 0 Å². The zero-order chi connectivity index (χ0) is 22.1. The summed E-state index contributed by atoms with van der Waals surface area (Å²) in [5, 5.41) is 14.6. The summed E-state index contributed by atoms with van der Waals surface area (Å²) in [6, 6.07) is 9.56. The maximum Gasteiger partial charge on any atom is 0.309 e. The molecule has 2 aromatic heterocycles. The van der Waals surface area contributed by atoms with Crippen LogP contribution >= 0.6 is 0 Å². The minimum absolute atomic E-state index is 0.00540. The fraction of sp³-hybridized carbons (Fsp3) is 0.292. The third-order valence-corrected chi connectivity index (χ3v) is 5.39. The van der Waals surface area contributed by atoms with E-state index < -0.39 is 18.2 Å². The molecule has 31 heavy (non-hydrogen) atoms. The molecule has 1 aliphatic heterocycles. The molecular weight excluding hydrogens is 399 g/mol. The third kappa shape index (κ3) is 4.14. The van der Waals surface area contributed by atoms with Gasteiger partial charge in [0.05, 0.1) is 23.7 Å². The highest BCUT2D eigenvalue weighted by Gasteiger charge is 2.26. The summed E-state index contributed by atoms with van der Waals surface area (Å²) in [6.07, 6.45) is 3.36. The molecule has 7 heteroatoms. The number of halogens is 1. The van der Waals surface area contributed by atoms with Crippen molar-refractivity contribution in [1.29, 1.82) is 0 Å². The van der Waals surface area contributed by atoms with Gasteiger partial charge in [0.1, 0.15) is 17.6 Å². The van der Waals surface area contributed by atoms with Crippen molar-refractivity contribution in [1.82, 2.24) is 9.61 Å². The Morgan fingerprint density at radius 3 is 2.61 bits per heavy atom. The molecule has 0 saturated carbocycles. The van der Waals surface area contributed by atoms with Gasteiger partial charge in [-0.15, -0.1) is 0 Å². The number of aliphatic hydroxyl groups excluding tert-OH is 1. The van der Waals surface area contributed by atoms with Crippen LogP contribution < -0.4 is 0 Å². The van der Waals surface area contributed by atoms with Crippen molar-refractivity contribution in [3.63, 3.8) is 0 Å². The van der Waals surface area contributed by atoms with Gasteiger partial charge in [-0.2, -0.15) is 5.10 Å². The topological polar surface area (TPSA) is 80.9 Å². The Hall–Kier alpha value is -3.32. The number of hydrogen-bond acceptors (Lipinski definition) is 5. The Morgan fingerprint density at radius 2 is 1.97 bits per heavy atom. The van der Waals surface area contributed by atoms with Crippen LogP contribution in [0.3, 0.4) is 0 Å². The van der Waals surface area contributed by atoms with E-state index in [4.69, 9.17) is 9.84 Å². The van der Waals surface area contributed by atoms with Crippen LogP contribution in [0.2, 0.25) is 0 Å². The minimum Gasteiger partial charge on any atom is -0.458 e. The number of carbonyl (C=O) groups is 2. The molecule has 3 heterocycles. The first-order valence-electron chi connectivity index (χ1n) is 10.2. The number of ether oxygens (including phenoxy) is 1. The zero-order valence-corrected chi connectivity index (χ0v) is 17.3. The van der Waals surface area contributed by atoms with Crippen molar-refractivity contribution in [3.8, 4) is 11.3 Å². The highest BCUT2D eigenvalue weighted by molar-refractivity contribution is 5.83. The second-order valence-corrected chi connectivity index (χ2v) is 7.99. The van der Waals surface area contributed by atoms with Crippen LogP contribution in [0, 0.1) is 5.82 Å². The average molecular weight is 422 g/mol. The number of aldehydes is 1. The van der Waals surface area contributed by atoms with Crippen LogP contribution in [0.1, 0.15) is 54.2 Å². The van der Waals surface area contributed by atoms with Gasteiger partial charge < -0.3 is 9.84 Å². The van der Waals surface area contributed by atoms with Crippen molar-refractivity contribution in [3.05, 3.63) is 65.1 Å². The molecule has 1 aromatic carbocycles. The predicted octanol–water partition coefficient (Wildman–Crippen LogP) is 4.16. The van der Waals surface area contributed by atoms with Crippen molar-refractivity contribution in [2.45, 2.75) is 44.8 Å². The molecule has 1 aliphatic rings. The lowest BCUT2D eigenvalue weighted by atomic mass is 9.92. The van der Waals surface area contributed by atoms with E-state index in [9.17, 15) is 19.1 Å². The molecule has 0 bridgehead atoms. The van der Waals surface area contributed by atoms with Gasteiger partial charge in [-0.3, -0.25) is 9.59 Å². The standard InChI is InChI=1S/C24H23FN2O4/c1-14(2)23-20(9-8-19-11-18(29)12-22(30)31-19)24(15-3-5-16(25)6-4-15)26-27-17(13-28)7-10-21(23)27/h3-10,13-14,18-19,29H,11-12H2,1-2H3. The number of cyclic esters (lactones) is 1. The molecule has 0 spiro atoms. The first-order chi connectivity index (χ1) is 14.9. The first kappa shape index (κ1) is 20.9. The van der Waals surface area contributed by atoms with Crippen LogP contribution in [-0.2, 0) is 9.53 Å². The summed E-state index contributed by atoms with van der Waals surface area (Å²) < 4.78 is 20.5. The summed E-state index contributed by atoms with van der Waals surface area (Å²) in [7, 11) is 0.